The van der Waals surface area contributed by atoms with E-state index in [4.69, 9.17) is 14.7 Å². The summed E-state index contributed by atoms with van der Waals surface area (Å²) in [5.74, 6) is 2.52. The van der Waals surface area contributed by atoms with E-state index in [9.17, 15) is 9.90 Å². The Balaban J connectivity index is 1.67. The van der Waals surface area contributed by atoms with Gasteiger partial charge in [-0.15, -0.1) is 0 Å². The molecule has 0 bridgehead atoms. The standard InChI is InChI=1S/C21H27N5O3/c1-16(28)24-5-7-25(8-6-24)19-14-20(26-9-11-29-12-10-26)23-21(22-19)18-4-2-3-17(13-18)15-27/h2-4,13-14,27H,5-12,15H2,1H3. The molecular formula is C21H27N5O3. The van der Waals surface area contributed by atoms with Gasteiger partial charge in [-0.1, -0.05) is 18.2 Å². The normalized spacial score (nSPS) is 17.5. The summed E-state index contributed by atoms with van der Waals surface area (Å²) in [6.45, 7) is 7.45. The average Bonchev–Trinajstić information content (AvgIpc) is 2.79. The number of aromatic nitrogens is 2. The Kier molecular flexibility index (Phi) is 5.92. The van der Waals surface area contributed by atoms with Gasteiger partial charge >= 0.3 is 0 Å². The molecule has 2 aromatic rings. The molecule has 8 nitrogen and oxygen atoms in total. The number of aliphatic hydroxyl groups excluding tert-OH is 1. The lowest BCUT2D eigenvalue weighted by Gasteiger charge is -2.35. The summed E-state index contributed by atoms with van der Waals surface area (Å²) >= 11 is 0. The number of hydrogen-bond donors (Lipinski definition) is 1. The highest BCUT2D eigenvalue weighted by Crippen LogP contribution is 2.26. The van der Waals surface area contributed by atoms with Crippen LogP contribution in [0.2, 0.25) is 0 Å². The molecule has 1 amide bonds. The number of piperazine rings is 1. The van der Waals surface area contributed by atoms with E-state index in [1.807, 2.05) is 35.2 Å². The number of carbonyl (C=O) groups is 1. The molecule has 2 aliphatic rings. The third-order valence-corrected chi connectivity index (χ3v) is 5.45. The predicted octanol–water partition coefficient (Wildman–Crippen LogP) is 1.14. The van der Waals surface area contributed by atoms with E-state index in [-0.39, 0.29) is 12.5 Å². The molecule has 2 saturated heterocycles. The molecule has 8 heteroatoms. The molecule has 154 valence electrons. The van der Waals surface area contributed by atoms with Gasteiger partial charge in [0.15, 0.2) is 5.82 Å². The number of nitrogens with zero attached hydrogens (tertiary/aromatic N) is 5. The molecule has 2 fully saturated rings. The number of carbonyl (C=O) groups excluding carboxylic acids is 1. The quantitative estimate of drug-likeness (QED) is 0.828. The smallest absolute Gasteiger partial charge is 0.219 e. The minimum Gasteiger partial charge on any atom is -0.392 e. The maximum atomic E-state index is 11.6. The average molecular weight is 397 g/mol. The molecule has 1 aromatic carbocycles. The zero-order valence-corrected chi connectivity index (χ0v) is 16.8. The van der Waals surface area contributed by atoms with Crippen molar-refractivity contribution in [3.8, 4) is 11.4 Å². The number of benzene rings is 1. The molecule has 2 aliphatic heterocycles. The minimum absolute atomic E-state index is 0.0170. The third kappa shape index (κ3) is 4.49. The summed E-state index contributed by atoms with van der Waals surface area (Å²) < 4.78 is 5.49. The number of hydrogen-bond acceptors (Lipinski definition) is 7. The van der Waals surface area contributed by atoms with Crippen LogP contribution in [0.4, 0.5) is 11.6 Å². The molecular weight excluding hydrogens is 370 g/mol. The zero-order chi connectivity index (χ0) is 20.2. The summed E-state index contributed by atoms with van der Waals surface area (Å²) in [4.78, 5) is 27.6. The second-order valence-corrected chi connectivity index (χ2v) is 7.36. The van der Waals surface area contributed by atoms with Crippen molar-refractivity contribution in [2.45, 2.75) is 13.5 Å². The van der Waals surface area contributed by atoms with E-state index in [1.54, 1.807) is 6.92 Å². The maximum absolute atomic E-state index is 11.6. The van der Waals surface area contributed by atoms with Crippen LogP contribution >= 0.6 is 0 Å². The van der Waals surface area contributed by atoms with Gasteiger partial charge in [-0.05, 0) is 11.6 Å². The summed E-state index contributed by atoms with van der Waals surface area (Å²) in [5.41, 5.74) is 1.72. The van der Waals surface area contributed by atoms with E-state index in [1.165, 1.54) is 0 Å². The van der Waals surface area contributed by atoms with Gasteiger partial charge in [0.1, 0.15) is 11.6 Å². The lowest BCUT2D eigenvalue weighted by atomic mass is 10.1. The highest BCUT2D eigenvalue weighted by Gasteiger charge is 2.22. The number of aliphatic hydroxyl groups is 1. The van der Waals surface area contributed by atoms with Crippen molar-refractivity contribution in [2.75, 3.05) is 62.3 Å². The number of morpholine rings is 1. The fourth-order valence-corrected chi connectivity index (χ4v) is 3.73. The molecule has 0 atom stereocenters. The highest BCUT2D eigenvalue weighted by molar-refractivity contribution is 5.73. The highest BCUT2D eigenvalue weighted by atomic mass is 16.5. The number of amides is 1. The SMILES string of the molecule is CC(=O)N1CCN(c2cc(N3CCOCC3)nc(-c3cccc(CO)c3)n2)CC1. The molecule has 3 heterocycles. The molecule has 1 aromatic heterocycles. The number of rotatable bonds is 4. The maximum Gasteiger partial charge on any atom is 0.219 e. The van der Waals surface area contributed by atoms with Gasteiger partial charge < -0.3 is 24.5 Å². The first-order valence-electron chi connectivity index (χ1n) is 10.1. The van der Waals surface area contributed by atoms with Crippen LogP contribution in [0.1, 0.15) is 12.5 Å². The van der Waals surface area contributed by atoms with Crippen LogP contribution in [-0.4, -0.2) is 78.4 Å². The van der Waals surface area contributed by atoms with Crippen LogP contribution in [0.25, 0.3) is 11.4 Å². The Morgan fingerprint density at radius 2 is 1.66 bits per heavy atom. The van der Waals surface area contributed by atoms with E-state index >= 15 is 0 Å². The predicted molar refractivity (Wildman–Crippen MR) is 111 cm³/mol. The second kappa shape index (κ2) is 8.75. The topological polar surface area (TPSA) is 82.0 Å². The van der Waals surface area contributed by atoms with Crippen molar-refractivity contribution in [3.05, 3.63) is 35.9 Å². The molecule has 0 radical (unpaired) electrons. The van der Waals surface area contributed by atoms with Crippen LogP contribution < -0.4 is 9.80 Å². The Hall–Kier alpha value is -2.71. The first-order valence-corrected chi connectivity index (χ1v) is 10.1. The Morgan fingerprint density at radius 3 is 2.28 bits per heavy atom. The first-order chi connectivity index (χ1) is 14.1. The molecule has 0 spiro atoms. The summed E-state index contributed by atoms with van der Waals surface area (Å²) in [7, 11) is 0. The first kappa shape index (κ1) is 19.6. The Labute approximate surface area is 170 Å². The van der Waals surface area contributed by atoms with Crippen molar-refractivity contribution >= 4 is 17.5 Å². The summed E-state index contributed by atoms with van der Waals surface area (Å²) in [6, 6.07) is 9.73. The summed E-state index contributed by atoms with van der Waals surface area (Å²) in [6.07, 6.45) is 0. The van der Waals surface area contributed by atoms with Crippen molar-refractivity contribution in [1.29, 1.82) is 0 Å². The van der Waals surface area contributed by atoms with Gasteiger partial charge in [0.2, 0.25) is 5.91 Å². The molecule has 4 rings (SSSR count). The minimum atomic E-state index is -0.0170. The van der Waals surface area contributed by atoms with Gasteiger partial charge in [-0.2, -0.15) is 0 Å². The lowest BCUT2D eigenvalue weighted by molar-refractivity contribution is -0.129. The molecule has 1 N–H and O–H groups in total. The van der Waals surface area contributed by atoms with Crippen molar-refractivity contribution in [2.24, 2.45) is 0 Å². The second-order valence-electron chi connectivity index (χ2n) is 7.36. The van der Waals surface area contributed by atoms with Gasteiger partial charge in [-0.25, -0.2) is 9.97 Å². The van der Waals surface area contributed by atoms with E-state index in [2.05, 4.69) is 9.80 Å². The van der Waals surface area contributed by atoms with Crippen molar-refractivity contribution < 1.29 is 14.6 Å². The molecule has 0 aliphatic carbocycles. The third-order valence-electron chi connectivity index (χ3n) is 5.45. The van der Waals surface area contributed by atoms with Crippen LogP contribution in [-0.2, 0) is 16.1 Å². The van der Waals surface area contributed by atoms with Gasteiger partial charge in [0.05, 0.1) is 19.8 Å². The van der Waals surface area contributed by atoms with Crippen molar-refractivity contribution in [1.82, 2.24) is 14.9 Å². The van der Waals surface area contributed by atoms with Crippen molar-refractivity contribution in [3.63, 3.8) is 0 Å². The Bertz CT molecular complexity index is 861. The Morgan fingerprint density at radius 1 is 1.00 bits per heavy atom. The molecule has 29 heavy (non-hydrogen) atoms. The van der Waals surface area contributed by atoms with E-state index in [0.717, 1.165) is 48.9 Å². The van der Waals surface area contributed by atoms with Gasteiger partial charge in [-0.3, -0.25) is 4.79 Å². The lowest BCUT2D eigenvalue weighted by Crippen LogP contribution is -2.48. The largest absolute Gasteiger partial charge is 0.392 e. The van der Waals surface area contributed by atoms with Crippen LogP contribution in [0.15, 0.2) is 30.3 Å². The van der Waals surface area contributed by atoms with E-state index < -0.39 is 0 Å². The summed E-state index contributed by atoms with van der Waals surface area (Å²) in [5, 5.41) is 9.49. The molecule has 0 unspecified atom stereocenters. The van der Waals surface area contributed by atoms with E-state index in [0.29, 0.717) is 32.1 Å². The van der Waals surface area contributed by atoms with Crippen LogP contribution in [0, 0.1) is 0 Å². The molecule has 0 saturated carbocycles. The fraction of sp³-hybridized carbons (Fsp3) is 0.476. The zero-order valence-electron chi connectivity index (χ0n) is 16.8. The number of anilines is 2. The van der Waals surface area contributed by atoms with Gasteiger partial charge in [0.25, 0.3) is 0 Å². The van der Waals surface area contributed by atoms with Crippen LogP contribution in [0.3, 0.4) is 0 Å². The van der Waals surface area contributed by atoms with Gasteiger partial charge in [0, 0.05) is 57.8 Å². The number of ether oxygens (including phenoxy) is 1. The fourth-order valence-electron chi connectivity index (χ4n) is 3.73. The van der Waals surface area contributed by atoms with Crippen LogP contribution in [0.5, 0.6) is 0 Å². The monoisotopic (exact) mass is 397 g/mol.